The van der Waals surface area contributed by atoms with Crippen LogP contribution in [-0.2, 0) is 60.7 Å². The Morgan fingerprint density at radius 3 is 1.32 bits per heavy atom. The van der Waals surface area contributed by atoms with Gasteiger partial charge in [-0.05, 0) is 45.8 Å². The van der Waals surface area contributed by atoms with Crippen molar-refractivity contribution >= 4 is 59.2 Å². The Hall–Kier alpha value is -6.69. The minimum atomic E-state index is -4.33. The highest BCUT2D eigenvalue weighted by molar-refractivity contribution is 7.49. The summed E-state index contributed by atoms with van der Waals surface area (Å²) in [5.41, 5.74) is 3.81. The molecule has 9 rings (SSSR count). The lowest BCUT2D eigenvalue weighted by Gasteiger charge is -2.20. The number of nitrogens with zero attached hydrogens (tertiary/aromatic N) is 1. The van der Waals surface area contributed by atoms with Crippen molar-refractivity contribution in [2.24, 2.45) is 7.05 Å². The van der Waals surface area contributed by atoms with Gasteiger partial charge in [0.15, 0.2) is 23.0 Å². The molecule has 0 aliphatic carbocycles. The van der Waals surface area contributed by atoms with Crippen LogP contribution >= 0.6 is 15.6 Å². The van der Waals surface area contributed by atoms with Crippen LogP contribution in [0, 0.1) is 0 Å². The maximum Gasteiger partial charge on any atom is 0.530 e. The number of hydrogen-bond acceptors (Lipinski definition) is 12. The first-order chi connectivity index (χ1) is 31.6. The van der Waals surface area contributed by atoms with Crippen molar-refractivity contribution in [2.45, 2.75) is 26.4 Å². The molecule has 2 aromatic heterocycles. The van der Waals surface area contributed by atoms with Crippen LogP contribution in [-0.4, -0.2) is 18.8 Å². The normalized spacial score (nSPS) is 12.0. The van der Waals surface area contributed by atoms with Gasteiger partial charge in [0.2, 0.25) is 0 Å². The molecule has 0 unspecified atom stereocenters. The Kier molecular flexibility index (Phi) is 12.6. The highest BCUT2D eigenvalue weighted by atomic mass is 31.2. The van der Waals surface area contributed by atoms with Crippen molar-refractivity contribution in [3.8, 4) is 23.0 Å². The smallest absolute Gasteiger partial charge is 0.493 e. The van der Waals surface area contributed by atoms with Crippen molar-refractivity contribution in [2.75, 3.05) is 14.2 Å². The zero-order valence-corrected chi connectivity index (χ0v) is 37.4. The fourth-order valence-electron chi connectivity index (χ4n) is 7.56. The lowest BCUT2D eigenvalue weighted by atomic mass is 10.0. The number of methoxy groups -OCH3 is 2. The first-order valence-corrected chi connectivity index (χ1v) is 23.5. The van der Waals surface area contributed by atoms with E-state index in [0.717, 1.165) is 22.3 Å². The molecule has 65 heavy (non-hydrogen) atoms. The molecule has 0 N–H and O–H groups in total. The summed E-state index contributed by atoms with van der Waals surface area (Å²) in [7, 11) is -3.84. The molecule has 0 aliphatic heterocycles. The molecule has 0 spiro atoms. The molecular weight excluding hydrogens is 868 g/mol. The number of phosphoric acid groups is 2. The summed E-state index contributed by atoms with van der Waals surface area (Å²) in [6.45, 7) is -0.191. The lowest BCUT2D eigenvalue weighted by molar-refractivity contribution is 0.141. The third-order valence-corrected chi connectivity index (χ3v) is 13.4. The van der Waals surface area contributed by atoms with E-state index in [1.54, 1.807) is 18.2 Å². The molecule has 9 aromatic rings. The molecule has 0 atom stereocenters. The second-order valence-electron chi connectivity index (χ2n) is 15.0. The minimum Gasteiger partial charge on any atom is -0.493 e. The topological polar surface area (TPSA) is 143 Å². The summed E-state index contributed by atoms with van der Waals surface area (Å²) in [5, 5.41) is 2.82. The van der Waals surface area contributed by atoms with Gasteiger partial charge in [0.05, 0.1) is 57.1 Å². The minimum absolute atomic E-state index is 0.0220. The Morgan fingerprint density at radius 2 is 0.892 bits per heavy atom. The van der Waals surface area contributed by atoms with Gasteiger partial charge in [-0.1, -0.05) is 133 Å². The zero-order valence-electron chi connectivity index (χ0n) is 35.6. The average Bonchev–Trinajstić information content (AvgIpc) is 3.65. The first-order valence-electron chi connectivity index (χ1n) is 20.5. The van der Waals surface area contributed by atoms with Gasteiger partial charge in [0.25, 0.3) is 0 Å². The van der Waals surface area contributed by atoms with Gasteiger partial charge in [-0.3, -0.25) is 18.1 Å². The standard InChI is InChI=1S/C50H43NO12P2/c1-51-48-39(25-24-38-26-45(43(55-2)27-40(38)48)62-64(53,57-30-34-16-8-4-9-17-34)58-31-35-18-10-5-11-19-35)47-49(51)41-28-44(56-3)46(29-42(41)61-50(47)52)63-65(54,59-32-36-20-12-6-13-21-36)60-33-37-22-14-7-15-23-37/h4-29H,30-33H2,1-3H3. The fourth-order valence-corrected chi connectivity index (χ4v) is 9.92. The van der Waals surface area contributed by atoms with Gasteiger partial charge in [-0.2, -0.15) is 0 Å². The van der Waals surface area contributed by atoms with Crippen LogP contribution in [0.2, 0.25) is 0 Å². The van der Waals surface area contributed by atoms with E-state index in [4.69, 9.17) is 41.0 Å². The van der Waals surface area contributed by atoms with E-state index in [1.165, 1.54) is 20.3 Å². The Bertz CT molecular complexity index is 3190. The van der Waals surface area contributed by atoms with Crippen LogP contribution in [0.15, 0.2) is 167 Å². The van der Waals surface area contributed by atoms with Gasteiger partial charge in [-0.25, -0.2) is 13.9 Å². The van der Waals surface area contributed by atoms with E-state index in [-0.39, 0.29) is 55.0 Å². The number of aryl methyl sites for hydroxylation is 1. The summed E-state index contributed by atoms with van der Waals surface area (Å²) in [4.78, 5) is 14.0. The Labute approximate surface area is 373 Å². The molecule has 0 fully saturated rings. The van der Waals surface area contributed by atoms with Crippen molar-refractivity contribution in [3.05, 3.63) is 190 Å². The van der Waals surface area contributed by atoms with Crippen molar-refractivity contribution in [3.63, 3.8) is 0 Å². The lowest BCUT2D eigenvalue weighted by Crippen LogP contribution is -2.05. The summed E-state index contributed by atoms with van der Waals surface area (Å²) in [6, 6.07) is 47.2. The third-order valence-electron chi connectivity index (χ3n) is 10.7. The van der Waals surface area contributed by atoms with E-state index in [0.29, 0.717) is 38.0 Å². The van der Waals surface area contributed by atoms with Crippen molar-refractivity contribution in [1.82, 2.24) is 4.57 Å². The van der Waals surface area contributed by atoms with E-state index in [2.05, 4.69) is 0 Å². The van der Waals surface area contributed by atoms with Gasteiger partial charge in [-0.15, -0.1) is 0 Å². The van der Waals surface area contributed by atoms with Crippen molar-refractivity contribution < 1.29 is 50.2 Å². The van der Waals surface area contributed by atoms with E-state index < -0.39 is 21.3 Å². The number of rotatable bonds is 18. The summed E-state index contributed by atoms with van der Waals surface area (Å²) >= 11 is 0. The van der Waals surface area contributed by atoms with Crippen LogP contribution < -0.4 is 24.1 Å². The van der Waals surface area contributed by atoms with E-state index in [9.17, 15) is 13.9 Å². The number of aromatic nitrogens is 1. The van der Waals surface area contributed by atoms with E-state index in [1.807, 2.05) is 145 Å². The highest BCUT2D eigenvalue weighted by Crippen LogP contribution is 2.55. The van der Waals surface area contributed by atoms with Gasteiger partial charge in [0.1, 0.15) is 5.58 Å². The molecule has 0 bridgehead atoms. The molecule has 0 amide bonds. The first kappa shape index (κ1) is 43.6. The van der Waals surface area contributed by atoms with Crippen LogP contribution in [0.4, 0.5) is 0 Å². The number of ether oxygens (including phenoxy) is 2. The molecule has 330 valence electrons. The van der Waals surface area contributed by atoms with Gasteiger partial charge in [0, 0.05) is 29.3 Å². The quantitative estimate of drug-likeness (QED) is 0.0597. The molecule has 2 heterocycles. The van der Waals surface area contributed by atoms with E-state index >= 15 is 0 Å². The van der Waals surface area contributed by atoms with Crippen molar-refractivity contribution in [1.29, 1.82) is 0 Å². The molecule has 0 aliphatic rings. The molecular formula is C50H43NO12P2. The average molecular weight is 912 g/mol. The number of phosphoric ester groups is 2. The number of hydrogen-bond donors (Lipinski definition) is 0. The molecule has 0 radical (unpaired) electrons. The largest absolute Gasteiger partial charge is 0.530 e. The summed E-state index contributed by atoms with van der Waals surface area (Å²) in [5.74, 6) is 0.538. The molecule has 13 nitrogen and oxygen atoms in total. The van der Waals surface area contributed by atoms with Crippen LogP contribution in [0.3, 0.4) is 0 Å². The SMILES string of the molecule is COc1cc2c(ccc3c4c(=O)oc5cc(OP(=O)(OCc6ccccc6)OCc6ccccc6)c(OC)cc5c4n(C)c23)cc1OP(=O)(OCc1ccccc1)OCc1ccccc1. The molecule has 7 aromatic carbocycles. The fraction of sp³-hybridized carbons (Fsp3) is 0.140. The molecule has 0 saturated heterocycles. The monoisotopic (exact) mass is 911 g/mol. The highest BCUT2D eigenvalue weighted by Gasteiger charge is 2.33. The maximum absolute atomic E-state index is 14.4. The Balaban J connectivity index is 1.09. The van der Waals surface area contributed by atoms with Crippen LogP contribution in [0.5, 0.6) is 23.0 Å². The summed E-state index contributed by atoms with van der Waals surface area (Å²) in [6.07, 6.45) is 0. The molecule has 0 saturated carbocycles. The third kappa shape index (κ3) is 9.44. The van der Waals surface area contributed by atoms with Gasteiger partial charge >= 0.3 is 21.3 Å². The number of fused-ring (bicyclic) bond motifs is 7. The van der Waals surface area contributed by atoms with Crippen LogP contribution in [0.25, 0.3) is 43.5 Å². The number of benzene rings is 7. The predicted octanol–water partition coefficient (Wildman–Crippen LogP) is 12.4. The van der Waals surface area contributed by atoms with Crippen LogP contribution in [0.1, 0.15) is 22.3 Å². The maximum atomic E-state index is 14.4. The Morgan fingerprint density at radius 1 is 0.477 bits per heavy atom. The zero-order chi connectivity index (χ0) is 45.0. The second-order valence-corrected chi connectivity index (χ2v) is 18.2. The predicted molar refractivity (Wildman–Crippen MR) is 248 cm³/mol. The summed E-state index contributed by atoms with van der Waals surface area (Å²) < 4.78 is 84.0. The molecule has 15 heteroatoms. The second kappa shape index (κ2) is 18.8. The van der Waals surface area contributed by atoms with Gasteiger partial charge < -0.3 is 27.5 Å².